The topological polar surface area (TPSA) is 67.0 Å². The molecule has 2 N–H and O–H groups in total. The molecule has 1 heterocycles. The van der Waals surface area contributed by atoms with E-state index in [1.807, 2.05) is 0 Å². The Labute approximate surface area is 132 Å². The molecule has 0 fully saturated rings. The Morgan fingerprint density at radius 3 is 2.90 bits per heavy atom. The number of rotatable bonds is 7. The highest BCUT2D eigenvalue weighted by Crippen LogP contribution is 2.26. The third kappa shape index (κ3) is 5.28. The van der Waals surface area contributed by atoms with E-state index < -0.39 is 0 Å². The van der Waals surface area contributed by atoms with Gasteiger partial charge in [0.2, 0.25) is 5.91 Å². The van der Waals surface area contributed by atoms with Crippen molar-refractivity contribution in [2.45, 2.75) is 12.8 Å². The predicted octanol–water partition coefficient (Wildman–Crippen LogP) is 2.84. The van der Waals surface area contributed by atoms with E-state index in [1.165, 1.54) is 0 Å². The number of amides is 1. The fraction of sp³-hybridized carbons (Fsp3) is 0.286. The van der Waals surface area contributed by atoms with E-state index in [1.54, 1.807) is 30.7 Å². The summed E-state index contributed by atoms with van der Waals surface area (Å²) in [5, 5.41) is 3.72. The van der Waals surface area contributed by atoms with Crippen molar-refractivity contribution in [3.05, 3.63) is 46.5 Å². The van der Waals surface area contributed by atoms with Gasteiger partial charge in [-0.3, -0.25) is 4.79 Å². The summed E-state index contributed by atoms with van der Waals surface area (Å²) in [7, 11) is 0. The molecule has 2 rings (SSSR count). The molecule has 0 spiro atoms. The molecule has 0 saturated carbocycles. The Hall–Kier alpha value is -1.72. The van der Waals surface area contributed by atoms with Gasteiger partial charge in [-0.2, -0.15) is 0 Å². The Morgan fingerprint density at radius 2 is 2.19 bits per heavy atom. The van der Waals surface area contributed by atoms with Crippen LogP contribution in [0, 0.1) is 0 Å². The van der Waals surface area contributed by atoms with Crippen LogP contribution >= 0.6 is 23.2 Å². The highest BCUT2D eigenvalue weighted by atomic mass is 35.5. The number of aromatic amines is 1. The molecule has 7 heteroatoms. The molecule has 1 aromatic carbocycles. The average Bonchev–Trinajstić information content (AvgIpc) is 2.96. The standard InChI is InChI=1S/C14H15Cl2N3O2/c15-12-2-1-11(7-13(12)16)21-6-4-14(20)18-5-3-10-8-17-9-19-10/h1-2,7-9H,3-6H2,(H,17,19)(H,18,20). The number of halogens is 2. The van der Waals surface area contributed by atoms with Crippen LogP contribution in [-0.4, -0.2) is 29.0 Å². The molecule has 0 aliphatic heterocycles. The third-order valence-electron chi connectivity index (χ3n) is 2.76. The normalized spacial score (nSPS) is 10.4. The van der Waals surface area contributed by atoms with Gasteiger partial charge >= 0.3 is 0 Å². The number of carbonyl (C=O) groups is 1. The van der Waals surface area contributed by atoms with Gasteiger partial charge in [0, 0.05) is 30.9 Å². The van der Waals surface area contributed by atoms with Crippen molar-refractivity contribution in [2.24, 2.45) is 0 Å². The zero-order chi connectivity index (χ0) is 15.1. The summed E-state index contributed by atoms with van der Waals surface area (Å²) in [5.41, 5.74) is 0.988. The number of nitrogens with zero attached hydrogens (tertiary/aromatic N) is 1. The van der Waals surface area contributed by atoms with Gasteiger partial charge in [-0.05, 0) is 12.1 Å². The quantitative estimate of drug-likeness (QED) is 0.821. The first-order chi connectivity index (χ1) is 10.1. The number of hydrogen-bond acceptors (Lipinski definition) is 3. The van der Waals surface area contributed by atoms with Gasteiger partial charge in [0.05, 0.1) is 29.4 Å². The second kappa shape index (κ2) is 7.90. The second-order valence-electron chi connectivity index (χ2n) is 4.35. The maximum atomic E-state index is 11.6. The van der Waals surface area contributed by atoms with Gasteiger partial charge in [-0.1, -0.05) is 23.2 Å². The molecular formula is C14H15Cl2N3O2. The van der Waals surface area contributed by atoms with Crippen LogP contribution in [0.25, 0.3) is 0 Å². The molecule has 2 aromatic rings. The lowest BCUT2D eigenvalue weighted by Crippen LogP contribution is -2.27. The first-order valence-electron chi connectivity index (χ1n) is 6.47. The number of aromatic nitrogens is 2. The van der Waals surface area contributed by atoms with E-state index in [0.29, 0.717) is 22.3 Å². The Bertz CT molecular complexity index is 588. The largest absolute Gasteiger partial charge is 0.493 e. The Kier molecular flexibility index (Phi) is 5.90. The highest BCUT2D eigenvalue weighted by Gasteiger charge is 2.04. The van der Waals surface area contributed by atoms with Gasteiger partial charge in [-0.25, -0.2) is 4.98 Å². The summed E-state index contributed by atoms with van der Waals surface area (Å²) in [6.07, 6.45) is 4.35. The molecule has 0 bridgehead atoms. The van der Waals surface area contributed by atoms with Crippen LogP contribution in [0.3, 0.4) is 0 Å². The summed E-state index contributed by atoms with van der Waals surface area (Å²) >= 11 is 11.7. The van der Waals surface area contributed by atoms with Gasteiger partial charge < -0.3 is 15.0 Å². The number of ether oxygens (including phenoxy) is 1. The smallest absolute Gasteiger partial charge is 0.223 e. The maximum Gasteiger partial charge on any atom is 0.223 e. The van der Waals surface area contributed by atoms with Crippen molar-refractivity contribution >= 4 is 29.1 Å². The fourth-order valence-corrected chi connectivity index (χ4v) is 1.96. The molecule has 0 aliphatic rings. The number of imidazole rings is 1. The van der Waals surface area contributed by atoms with E-state index in [-0.39, 0.29) is 18.9 Å². The third-order valence-corrected chi connectivity index (χ3v) is 3.50. The molecule has 1 amide bonds. The van der Waals surface area contributed by atoms with Crippen molar-refractivity contribution in [1.29, 1.82) is 0 Å². The fourth-order valence-electron chi connectivity index (χ4n) is 1.67. The SMILES string of the molecule is O=C(CCOc1ccc(Cl)c(Cl)c1)NCCc1cnc[nH]1. The first-order valence-corrected chi connectivity index (χ1v) is 7.22. The van der Waals surface area contributed by atoms with E-state index in [2.05, 4.69) is 15.3 Å². The molecule has 1 aromatic heterocycles. The summed E-state index contributed by atoms with van der Waals surface area (Å²) in [6.45, 7) is 0.849. The number of hydrogen-bond donors (Lipinski definition) is 2. The first kappa shape index (κ1) is 15.7. The van der Waals surface area contributed by atoms with E-state index in [9.17, 15) is 4.79 Å². The lowest BCUT2D eigenvalue weighted by molar-refractivity contribution is -0.121. The molecule has 0 saturated heterocycles. The van der Waals surface area contributed by atoms with E-state index >= 15 is 0 Å². The highest BCUT2D eigenvalue weighted by molar-refractivity contribution is 6.42. The number of nitrogens with one attached hydrogen (secondary N) is 2. The van der Waals surface area contributed by atoms with Crippen LogP contribution in [0.1, 0.15) is 12.1 Å². The Morgan fingerprint density at radius 1 is 1.33 bits per heavy atom. The summed E-state index contributed by atoms with van der Waals surface area (Å²) in [5.74, 6) is 0.532. The van der Waals surface area contributed by atoms with Gasteiger partial charge in [-0.15, -0.1) is 0 Å². The van der Waals surface area contributed by atoms with Crippen molar-refractivity contribution < 1.29 is 9.53 Å². The molecule has 0 aliphatic carbocycles. The van der Waals surface area contributed by atoms with Gasteiger partial charge in [0.15, 0.2) is 0 Å². The van der Waals surface area contributed by atoms with E-state index in [0.717, 1.165) is 12.1 Å². The lowest BCUT2D eigenvalue weighted by atomic mass is 10.3. The van der Waals surface area contributed by atoms with Crippen molar-refractivity contribution in [3.8, 4) is 5.75 Å². The van der Waals surface area contributed by atoms with Crippen LogP contribution < -0.4 is 10.1 Å². The minimum Gasteiger partial charge on any atom is -0.493 e. The van der Waals surface area contributed by atoms with Crippen molar-refractivity contribution in [2.75, 3.05) is 13.2 Å². The van der Waals surface area contributed by atoms with Crippen LogP contribution in [0.15, 0.2) is 30.7 Å². The number of H-pyrrole nitrogens is 1. The van der Waals surface area contributed by atoms with Crippen LogP contribution in [0.5, 0.6) is 5.75 Å². The van der Waals surface area contributed by atoms with Crippen LogP contribution in [0.4, 0.5) is 0 Å². The molecular weight excluding hydrogens is 313 g/mol. The Balaban J connectivity index is 1.63. The minimum atomic E-state index is -0.0606. The molecule has 0 atom stereocenters. The van der Waals surface area contributed by atoms with Crippen LogP contribution in [-0.2, 0) is 11.2 Å². The summed E-state index contributed by atoms with van der Waals surface area (Å²) in [6, 6.07) is 4.99. The monoisotopic (exact) mass is 327 g/mol. The minimum absolute atomic E-state index is 0.0606. The van der Waals surface area contributed by atoms with Crippen molar-refractivity contribution in [1.82, 2.24) is 15.3 Å². The average molecular weight is 328 g/mol. The lowest BCUT2D eigenvalue weighted by Gasteiger charge is -2.07. The zero-order valence-corrected chi connectivity index (χ0v) is 12.7. The molecule has 0 radical (unpaired) electrons. The molecule has 21 heavy (non-hydrogen) atoms. The van der Waals surface area contributed by atoms with E-state index in [4.69, 9.17) is 27.9 Å². The zero-order valence-electron chi connectivity index (χ0n) is 11.2. The second-order valence-corrected chi connectivity index (χ2v) is 5.17. The molecule has 5 nitrogen and oxygen atoms in total. The summed E-state index contributed by atoms with van der Waals surface area (Å²) in [4.78, 5) is 18.5. The predicted molar refractivity (Wildman–Crippen MR) is 81.9 cm³/mol. The molecule has 112 valence electrons. The van der Waals surface area contributed by atoms with Crippen molar-refractivity contribution in [3.63, 3.8) is 0 Å². The van der Waals surface area contributed by atoms with Gasteiger partial charge in [0.1, 0.15) is 5.75 Å². The van der Waals surface area contributed by atoms with Gasteiger partial charge in [0.25, 0.3) is 0 Å². The maximum absolute atomic E-state index is 11.6. The number of carbonyl (C=O) groups excluding carboxylic acids is 1. The summed E-state index contributed by atoms with van der Waals surface area (Å²) < 4.78 is 5.44. The number of benzene rings is 1. The van der Waals surface area contributed by atoms with Crippen LogP contribution in [0.2, 0.25) is 10.0 Å². The molecule has 0 unspecified atom stereocenters.